The SMILES string of the molecule is C#CCN(CC)CC.CCC. The van der Waals surface area contributed by atoms with Crippen LogP contribution in [0.2, 0.25) is 0 Å². The van der Waals surface area contributed by atoms with Crippen LogP contribution in [0.3, 0.4) is 0 Å². The molecule has 0 aliphatic carbocycles. The van der Waals surface area contributed by atoms with Gasteiger partial charge in [0, 0.05) is 0 Å². The van der Waals surface area contributed by atoms with Crippen LogP contribution in [0.5, 0.6) is 0 Å². The lowest BCUT2D eigenvalue weighted by Gasteiger charge is -2.12. The van der Waals surface area contributed by atoms with Gasteiger partial charge in [-0.25, -0.2) is 0 Å². The summed E-state index contributed by atoms with van der Waals surface area (Å²) in [4.78, 5) is 2.19. The summed E-state index contributed by atoms with van der Waals surface area (Å²) in [6, 6.07) is 0. The van der Waals surface area contributed by atoms with Crippen molar-refractivity contribution in [3.05, 3.63) is 0 Å². The van der Waals surface area contributed by atoms with Gasteiger partial charge in [0.15, 0.2) is 0 Å². The van der Waals surface area contributed by atoms with Gasteiger partial charge in [0.05, 0.1) is 6.54 Å². The second kappa shape index (κ2) is 12.2. The first-order valence-electron chi connectivity index (χ1n) is 4.42. The van der Waals surface area contributed by atoms with Crippen molar-refractivity contribution in [1.82, 2.24) is 4.90 Å². The molecule has 0 saturated heterocycles. The Kier molecular flexibility index (Phi) is 14.6. The first kappa shape index (κ1) is 13.1. The van der Waals surface area contributed by atoms with E-state index in [4.69, 9.17) is 6.42 Å². The lowest BCUT2D eigenvalue weighted by Crippen LogP contribution is -2.22. The van der Waals surface area contributed by atoms with E-state index in [1.807, 2.05) is 0 Å². The number of nitrogens with zero attached hydrogens (tertiary/aromatic N) is 1. The molecule has 0 aromatic rings. The van der Waals surface area contributed by atoms with E-state index in [0.29, 0.717) is 0 Å². The minimum Gasteiger partial charge on any atom is -0.293 e. The normalized spacial score (nSPS) is 8.36. The third kappa shape index (κ3) is 12.7. The molecule has 0 atom stereocenters. The maximum atomic E-state index is 5.09. The number of terminal acetylenes is 1. The first-order valence-corrected chi connectivity index (χ1v) is 4.42. The summed E-state index contributed by atoms with van der Waals surface area (Å²) >= 11 is 0. The molecule has 0 aromatic heterocycles. The Morgan fingerprint density at radius 2 is 1.45 bits per heavy atom. The Hall–Kier alpha value is -0.480. The lowest BCUT2D eigenvalue weighted by molar-refractivity contribution is 0.342. The van der Waals surface area contributed by atoms with Crippen molar-refractivity contribution in [1.29, 1.82) is 0 Å². The highest BCUT2D eigenvalue weighted by molar-refractivity contribution is 4.87. The van der Waals surface area contributed by atoms with E-state index in [9.17, 15) is 0 Å². The van der Waals surface area contributed by atoms with E-state index < -0.39 is 0 Å². The molecular formula is C10H21N. The third-order valence-corrected chi connectivity index (χ3v) is 1.21. The second-order valence-corrected chi connectivity index (χ2v) is 2.37. The lowest BCUT2D eigenvalue weighted by atomic mass is 10.5. The topological polar surface area (TPSA) is 3.24 Å². The van der Waals surface area contributed by atoms with Crippen molar-refractivity contribution >= 4 is 0 Å². The molecule has 0 amide bonds. The van der Waals surface area contributed by atoms with Crippen LogP contribution in [0.1, 0.15) is 34.1 Å². The fourth-order valence-corrected chi connectivity index (χ4v) is 0.576. The molecule has 0 N–H and O–H groups in total. The Morgan fingerprint density at radius 3 is 1.55 bits per heavy atom. The van der Waals surface area contributed by atoms with Gasteiger partial charge in [-0.05, 0) is 13.1 Å². The van der Waals surface area contributed by atoms with Gasteiger partial charge in [0.2, 0.25) is 0 Å². The molecule has 0 unspecified atom stereocenters. The van der Waals surface area contributed by atoms with Crippen LogP contribution >= 0.6 is 0 Å². The average Bonchev–Trinajstić information content (AvgIpc) is 2.02. The molecule has 0 aliphatic heterocycles. The van der Waals surface area contributed by atoms with E-state index in [1.165, 1.54) is 6.42 Å². The van der Waals surface area contributed by atoms with Gasteiger partial charge in [-0.15, -0.1) is 6.42 Å². The highest BCUT2D eigenvalue weighted by atomic mass is 15.1. The number of hydrogen-bond acceptors (Lipinski definition) is 1. The van der Waals surface area contributed by atoms with Gasteiger partial charge >= 0.3 is 0 Å². The molecule has 66 valence electrons. The molecule has 1 heteroatoms. The number of hydrogen-bond donors (Lipinski definition) is 0. The van der Waals surface area contributed by atoms with E-state index in [-0.39, 0.29) is 0 Å². The van der Waals surface area contributed by atoms with E-state index in [1.54, 1.807) is 0 Å². The zero-order chi connectivity index (χ0) is 9.11. The monoisotopic (exact) mass is 155 g/mol. The Balaban J connectivity index is 0. The van der Waals surface area contributed by atoms with Crippen molar-refractivity contribution in [2.75, 3.05) is 19.6 Å². The van der Waals surface area contributed by atoms with Crippen LogP contribution in [0.15, 0.2) is 0 Å². The standard InChI is InChI=1S/C7H13N.C3H8/c1-4-7-8(5-2)6-3;1-3-2/h1H,5-7H2,2-3H3;3H2,1-2H3. The molecular weight excluding hydrogens is 134 g/mol. The Bertz CT molecular complexity index is 87.5. The zero-order valence-electron chi connectivity index (χ0n) is 8.35. The quantitative estimate of drug-likeness (QED) is 0.566. The van der Waals surface area contributed by atoms with E-state index in [0.717, 1.165) is 19.6 Å². The Morgan fingerprint density at radius 1 is 1.09 bits per heavy atom. The largest absolute Gasteiger partial charge is 0.293 e. The molecule has 0 rings (SSSR count). The fourth-order valence-electron chi connectivity index (χ4n) is 0.576. The van der Waals surface area contributed by atoms with Crippen LogP contribution in [0.4, 0.5) is 0 Å². The summed E-state index contributed by atoms with van der Waals surface area (Å²) in [5.74, 6) is 2.60. The summed E-state index contributed by atoms with van der Waals surface area (Å²) in [7, 11) is 0. The van der Waals surface area contributed by atoms with Crippen LogP contribution in [-0.2, 0) is 0 Å². The molecule has 0 heterocycles. The van der Waals surface area contributed by atoms with Crippen molar-refractivity contribution in [2.24, 2.45) is 0 Å². The molecule has 0 aliphatic rings. The summed E-state index contributed by atoms with van der Waals surface area (Å²) < 4.78 is 0. The van der Waals surface area contributed by atoms with Gasteiger partial charge in [-0.2, -0.15) is 0 Å². The smallest absolute Gasteiger partial charge is 0.0598 e. The van der Waals surface area contributed by atoms with Crippen LogP contribution in [-0.4, -0.2) is 24.5 Å². The van der Waals surface area contributed by atoms with Crippen LogP contribution in [0, 0.1) is 12.3 Å². The summed E-state index contributed by atoms with van der Waals surface area (Å²) in [6.45, 7) is 11.4. The second-order valence-electron chi connectivity index (χ2n) is 2.37. The van der Waals surface area contributed by atoms with Gasteiger partial charge in [0.25, 0.3) is 0 Å². The summed E-state index contributed by atoms with van der Waals surface area (Å²) in [5.41, 5.74) is 0. The molecule has 0 bridgehead atoms. The van der Waals surface area contributed by atoms with Crippen molar-refractivity contribution in [2.45, 2.75) is 34.1 Å². The zero-order valence-corrected chi connectivity index (χ0v) is 8.35. The number of rotatable bonds is 3. The maximum absolute atomic E-state index is 5.09. The molecule has 0 radical (unpaired) electrons. The summed E-state index contributed by atoms with van der Waals surface area (Å²) in [5, 5.41) is 0. The van der Waals surface area contributed by atoms with Crippen LogP contribution in [0.25, 0.3) is 0 Å². The molecule has 0 fully saturated rings. The maximum Gasteiger partial charge on any atom is 0.0598 e. The molecule has 0 aromatic carbocycles. The predicted molar refractivity (Wildman–Crippen MR) is 52.6 cm³/mol. The fraction of sp³-hybridized carbons (Fsp3) is 0.800. The van der Waals surface area contributed by atoms with Gasteiger partial charge in [-0.1, -0.05) is 40.0 Å². The first-order chi connectivity index (χ1) is 5.26. The minimum absolute atomic E-state index is 0.785. The van der Waals surface area contributed by atoms with Crippen molar-refractivity contribution in [3.8, 4) is 12.3 Å². The highest BCUT2D eigenvalue weighted by Crippen LogP contribution is 1.81. The van der Waals surface area contributed by atoms with Crippen molar-refractivity contribution in [3.63, 3.8) is 0 Å². The average molecular weight is 155 g/mol. The highest BCUT2D eigenvalue weighted by Gasteiger charge is 1.91. The molecule has 11 heavy (non-hydrogen) atoms. The van der Waals surface area contributed by atoms with Crippen LogP contribution < -0.4 is 0 Å². The van der Waals surface area contributed by atoms with Gasteiger partial charge in [0.1, 0.15) is 0 Å². The van der Waals surface area contributed by atoms with E-state index >= 15 is 0 Å². The third-order valence-electron chi connectivity index (χ3n) is 1.21. The van der Waals surface area contributed by atoms with Gasteiger partial charge < -0.3 is 0 Å². The predicted octanol–water partition coefficient (Wildman–Crippen LogP) is 2.38. The minimum atomic E-state index is 0.785. The Labute approximate surface area is 71.8 Å². The van der Waals surface area contributed by atoms with E-state index in [2.05, 4.69) is 38.5 Å². The summed E-state index contributed by atoms with van der Waals surface area (Å²) in [6.07, 6.45) is 6.34. The molecule has 0 spiro atoms. The molecule has 1 nitrogen and oxygen atoms in total. The van der Waals surface area contributed by atoms with Crippen molar-refractivity contribution < 1.29 is 0 Å². The van der Waals surface area contributed by atoms with Gasteiger partial charge in [-0.3, -0.25) is 4.90 Å². The molecule has 0 saturated carbocycles.